The predicted molar refractivity (Wildman–Crippen MR) is 158 cm³/mol. The average Bonchev–Trinajstić information content (AvgIpc) is 3.55. The van der Waals surface area contributed by atoms with Gasteiger partial charge in [0.25, 0.3) is 0 Å². The number of likely N-dealkylation sites (tertiary alicyclic amines) is 1. The monoisotopic (exact) mass is 571 g/mol. The molecule has 5 aromatic rings. The van der Waals surface area contributed by atoms with Crippen LogP contribution in [0.1, 0.15) is 47.9 Å². The first kappa shape index (κ1) is 26.3. The average molecular weight is 573 g/mol. The molecule has 3 heterocycles. The summed E-state index contributed by atoms with van der Waals surface area (Å²) in [6.07, 6.45) is 5.18. The first-order valence-corrected chi connectivity index (χ1v) is 14.5. The molecule has 7 heteroatoms. The number of alkyl halides is 1. The van der Waals surface area contributed by atoms with Crippen LogP contribution in [0.2, 0.25) is 0 Å². The van der Waals surface area contributed by atoms with Gasteiger partial charge in [-0.2, -0.15) is 10.2 Å². The number of para-hydroxylation sites is 2. The van der Waals surface area contributed by atoms with E-state index in [1.54, 1.807) is 0 Å². The summed E-state index contributed by atoms with van der Waals surface area (Å²) in [6, 6.07) is 27.0. The van der Waals surface area contributed by atoms with Gasteiger partial charge in [0.15, 0.2) is 0 Å². The maximum absolute atomic E-state index is 11.3. The number of aromatic amines is 1. The number of halogens is 1. The van der Waals surface area contributed by atoms with Gasteiger partial charge in [-0.25, -0.2) is 4.68 Å². The number of aromatic nitrogens is 4. The van der Waals surface area contributed by atoms with Crippen molar-refractivity contribution in [2.24, 2.45) is 5.92 Å². The minimum absolute atomic E-state index is 0.0617. The Bertz CT molecular complexity index is 1480. The lowest BCUT2D eigenvalue weighted by molar-refractivity contribution is 0.0926. The van der Waals surface area contributed by atoms with E-state index in [0.29, 0.717) is 5.33 Å². The second-order valence-electron chi connectivity index (χ2n) is 9.99. The van der Waals surface area contributed by atoms with Crippen LogP contribution in [-0.2, 0) is 18.3 Å². The van der Waals surface area contributed by atoms with Crippen LogP contribution in [-0.4, -0.2) is 43.9 Å². The Hall–Kier alpha value is -3.29. The third-order valence-electron chi connectivity index (χ3n) is 7.40. The fourth-order valence-corrected chi connectivity index (χ4v) is 5.69. The molecular weight excluding hydrogens is 538 g/mol. The molecule has 0 spiro atoms. The minimum atomic E-state index is -0.0617. The number of aryl methyl sites for hydroxylation is 1. The molecule has 38 heavy (non-hydrogen) atoms. The minimum Gasteiger partial charge on any atom is -0.297 e. The van der Waals surface area contributed by atoms with E-state index >= 15 is 0 Å². The van der Waals surface area contributed by atoms with E-state index in [2.05, 4.69) is 84.7 Å². The van der Waals surface area contributed by atoms with E-state index in [9.17, 15) is 4.79 Å². The van der Waals surface area contributed by atoms with Gasteiger partial charge >= 0.3 is 0 Å². The number of benzene rings is 3. The molecule has 0 radical (unpaired) electrons. The van der Waals surface area contributed by atoms with Gasteiger partial charge in [0, 0.05) is 29.6 Å². The fraction of sp³-hybridized carbons (Fsp3) is 0.323. The topological polar surface area (TPSA) is 66.8 Å². The van der Waals surface area contributed by atoms with Crippen molar-refractivity contribution in [2.75, 3.05) is 13.1 Å². The fourth-order valence-electron chi connectivity index (χ4n) is 5.28. The van der Waals surface area contributed by atoms with Crippen molar-refractivity contribution in [1.29, 1.82) is 0 Å². The molecule has 0 aliphatic carbocycles. The zero-order valence-corrected chi connectivity index (χ0v) is 23.4. The van der Waals surface area contributed by atoms with Crippen LogP contribution in [0.15, 0.2) is 78.9 Å². The van der Waals surface area contributed by atoms with Crippen LogP contribution < -0.4 is 0 Å². The van der Waals surface area contributed by atoms with Gasteiger partial charge in [-0.1, -0.05) is 82.7 Å². The molecule has 0 unspecified atom stereocenters. The van der Waals surface area contributed by atoms with Gasteiger partial charge in [-0.15, -0.1) is 0 Å². The molecule has 6 nitrogen and oxygen atoms in total. The van der Waals surface area contributed by atoms with Gasteiger partial charge in [0.2, 0.25) is 5.91 Å². The van der Waals surface area contributed by atoms with Gasteiger partial charge in [0.05, 0.1) is 22.4 Å². The molecule has 6 rings (SSSR count). The molecule has 1 aliphatic rings. The van der Waals surface area contributed by atoms with Crippen molar-refractivity contribution in [3.8, 4) is 0 Å². The summed E-state index contributed by atoms with van der Waals surface area (Å²) in [5, 5.41) is 14.8. The largest absolute Gasteiger partial charge is 0.297 e. The normalized spacial score (nSPS) is 14.5. The number of carbonyl (C=O) groups excluding carboxylic acids is 1. The molecule has 196 valence electrons. The van der Waals surface area contributed by atoms with Crippen LogP contribution in [0.5, 0.6) is 0 Å². The van der Waals surface area contributed by atoms with Crippen molar-refractivity contribution in [3.63, 3.8) is 0 Å². The maximum Gasteiger partial charge on any atom is 0.244 e. The van der Waals surface area contributed by atoms with Crippen molar-refractivity contribution >= 4 is 43.6 Å². The summed E-state index contributed by atoms with van der Waals surface area (Å²) in [4.78, 5) is 13.8. The van der Waals surface area contributed by atoms with Gasteiger partial charge in [-0.05, 0) is 62.4 Å². The van der Waals surface area contributed by atoms with Crippen LogP contribution >= 0.6 is 15.9 Å². The summed E-state index contributed by atoms with van der Waals surface area (Å²) in [6.45, 7) is 4.91. The Morgan fingerprint density at radius 3 is 2.37 bits per heavy atom. The molecule has 1 fully saturated rings. The van der Waals surface area contributed by atoms with Crippen molar-refractivity contribution in [2.45, 2.75) is 44.5 Å². The summed E-state index contributed by atoms with van der Waals surface area (Å²) >= 11 is 3.35. The zero-order valence-electron chi connectivity index (χ0n) is 21.8. The Morgan fingerprint density at radius 1 is 0.947 bits per heavy atom. The lowest BCUT2D eigenvalue weighted by Crippen LogP contribution is -2.33. The van der Waals surface area contributed by atoms with Crippen molar-refractivity contribution < 1.29 is 4.79 Å². The Balaban J connectivity index is 0.000000179. The van der Waals surface area contributed by atoms with E-state index in [0.717, 1.165) is 34.6 Å². The van der Waals surface area contributed by atoms with Gasteiger partial charge in [0.1, 0.15) is 0 Å². The number of carbonyl (C=O) groups is 1. The Kier molecular flexibility index (Phi) is 8.66. The third kappa shape index (κ3) is 6.22. The smallest absolute Gasteiger partial charge is 0.244 e. The van der Waals surface area contributed by atoms with E-state index in [1.165, 1.54) is 67.0 Å². The molecule has 0 atom stereocenters. The van der Waals surface area contributed by atoms with E-state index in [-0.39, 0.29) is 5.91 Å². The highest BCUT2D eigenvalue weighted by molar-refractivity contribution is 9.08. The SMILES string of the molecule is CC(=O)n1nc(CBr)c2ccccc21.c1ccc(CCC2CCN(Cc3[nH]nc4ccccc34)CC2)cc1. The zero-order chi connectivity index (χ0) is 26.3. The summed E-state index contributed by atoms with van der Waals surface area (Å²) < 4.78 is 1.44. The van der Waals surface area contributed by atoms with E-state index in [1.807, 2.05) is 30.3 Å². The molecule has 1 N–H and O–H groups in total. The first-order valence-electron chi connectivity index (χ1n) is 13.3. The number of rotatable bonds is 6. The molecule has 0 amide bonds. The number of nitrogens with zero attached hydrogens (tertiary/aromatic N) is 4. The molecule has 1 aliphatic heterocycles. The molecule has 2 aromatic heterocycles. The summed E-state index contributed by atoms with van der Waals surface area (Å²) in [7, 11) is 0. The summed E-state index contributed by atoms with van der Waals surface area (Å²) in [5.74, 6) is 0.813. The number of hydrogen-bond acceptors (Lipinski definition) is 4. The number of piperidine rings is 1. The second kappa shape index (κ2) is 12.5. The highest BCUT2D eigenvalue weighted by atomic mass is 79.9. The van der Waals surface area contributed by atoms with Crippen LogP contribution in [0, 0.1) is 5.92 Å². The van der Waals surface area contributed by atoms with E-state index < -0.39 is 0 Å². The highest BCUT2D eigenvalue weighted by Crippen LogP contribution is 2.25. The Labute approximate surface area is 232 Å². The van der Waals surface area contributed by atoms with E-state index in [4.69, 9.17) is 0 Å². The second-order valence-corrected chi connectivity index (χ2v) is 10.6. The molecule has 3 aromatic carbocycles. The van der Waals surface area contributed by atoms with Gasteiger partial charge in [-0.3, -0.25) is 14.8 Å². The standard InChI is InChI=1S/C21H25N3.C10H9BrN2O/c1-2-6-17(7-3-1)10-11-18-12-14-24(15-13-18)16-21-19-8-4-5-9-20(19)22-23-21;1-7(14)13-10-5-3-2-4-8(10)9(6-11)12-13/h1-9,18H,10-16H2,(H,22,23);2-5H,6H2,1H3. The molecule has 0 saturated carbocycles. The lowest BCUT2D eigenvalue weighted by Gasteiger charge is -2.31. The number of nitrogens with one attached hydrogen (secondary N) is 1. The predicted octanol–water partition coefficient (Wildman–Crippen LogP) is 7.00. The van der Waals surface area contributed by atoms with Crippen molar-refractivity contribution in [3.05, 3.63) is 95.8 Å². The quantitative estimate of drug-likeness (QED) is 0.223. The number of hydrogen-bond donors (Lipinski definition) is 1. The van der Waals surface area contributed by atoms with Gasteiger partial charge < -0.3 is 0 Å². The maximum atomic E-state index is 11.3. The number of fused-ring (bicyclic) bond motifs is 2. The molecule has 0 bridgehead atoms. The van der Waals surface area contributed by atoms with Crippen molar-refractivity contribution in [1.82, 2.24) is 24.9 Å². The summed E-state index contributed by atoms with van der Waals surface area (Å²) in [5.41, 5.74) is 5.58. The number of H-pyrrole nitrogens is 1. The molecular formula is C31H34BrN5O. The van der Waals surface area contributed by atoms with Crippen LogP contribution in [0.4, 0.5) is 0 Å². The first-order chi connectivity index (χ1) is 18.6. The molecule has 1 saturated heterocycles. The Morgan fingerprint density at radius 2 is 1.63 bits per heavy atom. The highest BCUT2D eigenvalue weighted by Gasteiger charge is 2.20. The van der Waals surface area contributed by atoms with Crippen LogP contribution in [0.25, 0.3) is 21.8 Å². The van der Waals surface area contributed by atoms with Crippen LogP contribution in [0.3, 0.4) is 0 Å². The third-order valence-corrected chi connectivity index (χ3v) is 7.93. The lowest BCUT2D eigenvalue weighted by atomic mass is 9.90.